The van der Waals surface area contributed by atoms with Gasteiger partial charge in [-0.25, -0.2) is 0 Å². The lowest BCUT2D eigenvalue weighted by atomic mass is 10.0. The third-order valence-corrected chi connectivity index (χ3v) is 3.44. The third kappa shape index (κ3) is 5.75. The highest BCUT2D eigenvalue weighted by Crippen LogP contribution is 2.26. The van der Waals surface area contributed by atoms with Gasteiger partial charge in [-0.2, -0.15) is 0 Å². The number of nitrogens with one attached hydrogen (secondary N) is 1. The van der Waals surface area contributed by atoms with Crippen LogP contribution >= 0.6 is 15.9 Å². The van der Waals surface area contributed by atoms with Gasteiger partial charge in [-0.1, -0.05) is 19.1 Å². The molecule has 4 nitrogen and oxygen atoms in total. The molecular weight excluding hydrogens is 320 g/mol. The van der Waals surface area contributed by atoms with E-state index in [-0.39, 0.29) is 18.6 Å². The fraction of sp³-hybridized carbons (Fsp3) is 0.400. The van der Waals surface area contributed by atoms with Gasteiger partial charge in [0, 0.05) is 12.6 Å². The molecule has 0 heterocycles. The van der Waals surface area contributed by atoms with E-state index in [9.17, 15) is 4.79 Å². The van der Waals surface area contributed by atoms with Gasteiger partial charge in [0.1, 0.15) is 5.75 Å². The summed E-state index contributed by atoms with van der Waals surface area (Å²) >= 11 is 3.45. The molecule has 1 amide bonds. The number of ether oxygens (including phenoxy) is 1. The summed E-state index contributed by atoms with van der Waals surface area (Å²) < 4.78 is 6.29. The van der Waals surface area contributed by atoms with Crippen LogP contribution in [0, 0.1) is 0 Å². The van der Waals surface area contributed by atoms with Crippen molar-refractivity contribution in [3.8, 4) is 5.75 Å². The molecule has 110 valence electrons. The lowest BCUT2D eigenvalue weighted by Gasteiger charge is -2.12. The fourth-order valence-electron chi connectivity index (χ4n) is 1.62. The molecule has 3 N–H and O–H groups in total. The molecule has 1 rings (SSSR count). The molecule has 1 aromatic rings. The van der Waals surface area contributed by atoms with Gasteiger partial charge in [-0.05, 0) is 46.5 Å². The summed E-state index contributed by atoms with van der Waals surface area (Å²) in [5, 5.41) is 2.65. The smallest absolute Gasteiger partial charge is 0.258 e. The Morgan fingerprint density at radius 1 is 1.60 bits per heavy atom. The average molecular weight is 341 g/mol. The highest BCUT2D eigenvalue weighted by molar-refractivity contribution is 9.10. The normalized spacial score (nSPS) is 11.8. The van der Waals surface area contributed by atoms with Crippen LogP contribution in [0.3, 0.4) is 0 Å². The predicted octanol–water partition coefficient (Wildman–Crippen LogP) is 2.41. The van der Waals surface area contributed by atoms with Crippen LogP contribution < -0.4 is 15.8 Å². The molecule has 0 bridgehead atoms. The number of halogens is 1. The zero-order valence-electron chi connectivity index (χ0n) is 11.7. The van der Waals surface area contributed by atoms with Crippen LogP contribution in [0.2, 0.25) is 0 Å². The van der Waals surface area contributed by atoms with Crippen molar-refractivity contribution in [2.45, 2.75) is 25.8 Å². The summed E-state index contributed by atoms with van der Waals surface area (Å²) in [6, 6.07) is 5.96. The maximum Gasteiger partial charge on any atom is 0.258 e. The minimum absolute atomic E-state index is 0.0136. The Hall–Kier alpha value is -1.33. The molecule has 0 aliphatic rings. The average Bonchev–Trinajstić information content (AvgIpc) is 2.44. The van der Waals surface area contributed by atoms with Gasteiger partial charge in [0.2, 0.25) is 0 Å². The van der Waals surface area contributed by atoms with E-state index in [4.69, 9.17) is 10.5 Å². The van der Waals surface area contributed by atoms with Gasteiger partial charge < -0.3 is 15.8 Å². The second-order valence-corrected chi connectivity index (χ2v) is 5.37. The summed E-state index contributed by atoms with van der Waals surface area (Å²) in [6.07, 6.45) is 3.40. The second-order valence-electron chi connectivity index (χ2n) is 4.52. The van der Waals surface area contributed by atoms with Crippen molar-refractivity contribution in [3.05, 3.63) is 40.9 Å². The molecule has 0 saturated carbocycles. The van der Waals surface area contributed by atoms with Crippen LogP contribution in [0.25, 0.3) is 0 Å². The summed E-state index contributed by atoms with van der Waals surface area (Å²) in [6.45, 7) is 6.03. The molecule has 20 heavy (non-hydrogen) atoms. The summed E-state index contributed by atoms with van der Waals surface area (Å²) in [7, 11) is 0. The molecule has 0 fully saturated rings. The SMILES string of the molecule is C=CCNC(=O)COc1ccc(CC(N)CC)cc1Br. The maximum absolute atomic E-state index is 11.4. The van der Waals surface area contributed by atoms with Gasteiger partial charge >= 0.3 is 0 Å². The summed E-state index contributed by atoms with van der Waals surface area (Å²) in [5.74, 6) is 0.474. The molecule has 0 aliphatic carbocycles. The number of benzene rings is 1. The van der Waals surface area contributed by atoms with E-state index in [1.165, 1.54) is 0 Å². The number of amides is 1. The van der Waals surface area contributed by atoms with Crippen LogP contribution in [0.15, 0.2) is 35.3 Å². The van der Waals surface area contributed by atoms with E-state index in [1.54, 1.807) is 6.08 Å². The summed E-state index contributed by atoms with van der Waals surface area (Å²) in [4.78, 5) is 11.4. The highest BCUT2D eigenvalue weighted by atomic mass is 79.9. The number of rotatable bonds is 8. The van der Waals surface area contributed by atoms with E-state index in [0.717, 1.165) is 22.9 Å². The number of hydrogen-bond donors (Lipinski definition) is 2. The van der Waals surface area contributed by atoms with Crippen LogP contribution in [-0.4, -0.2) is 25.1 Å². The maximum atomic E-state index is 11.4. The first-order valence-electron chi connectivity index (χ1n) is 6.61. The fourth-order valence-corrected chi connectivity index (χ4v) is 2.16. The molecule has 1 aromatic carbocycles. The van der Waals surface area contributed by atoms with Gasteiger partial charge in [-0.15, -0.1) is 6.58 Å². The number of hydrogen-bond acceptors (Lipinski definition) is 3. The molecule has 0 aromatic heterocycles. The molecule has 5 heteroatoms. The quantitative estimate of drug-likeness (QED) is 0.714. The van der Waals surface area contributed by atoms with Crippen LogP contribution in [-0.2, 0) is 11.2 Å². The van der Waals surface area contributed by atoms with Gasteiger partial charge in [0.25, 0.3) is 5.91 Å². The van der Waals surface area contributed by atoms with Crippen molar-refractivity contribution >= 4 is 21.8 Å². The summed E-state index contributed by atoms with van der Waals surface area (Å²) in [5.41, 5.74) is 7.08. The molecule has 1 atom stereocenters. The van der Waals surface area contributed by atoms with Crippen molar-refractivity contribution in [2.24, 2.45) is 5.73 Å². The first kappa shape index (κ1) is 16.7. The van der Waals surface area contributed by atoms with E-state index in [2.05, 4.69) is 34.7 Å². The first-order valence-corrected chi connectivity index (χ1v) is 7.40. The first-order chi connectivity index (χ1) is 9.56. The third-order valence-electron chi connectivity index (χ3n) is 2.82. The minimum atomic E-state index is -0.172. The van der Waals surface area contributed by atoms with E-state index < -0.39 is 0 Å². The standard InChI is InChI=1S/C15H21BrN2O2/c1-3-7-18-15(19)10-20-14-6-5-11(9-13(14)16)8-12(17)4-2/h3,5-6,9,12H,1,4,7-8,10,17H2,2H3,(H,18,19). The van der Waals surface area contributed by atoms with Crippen LogP contribution in [0.4, 0.5) is 0 Å². The Labute approximate surface area is 128 Å². The lowest BCUT2D eigenvalue weighted by molar-refractivity contribution is -0.122. The molecule has 0 spiro atoms. The van der Waals surface area contributed by atoms with Crippen molar-refractivity contribution in [3.63, 3.8) is 0 Å². The van der Waals surface area contributed by atoms with Crippen molar-refractivity contribution < 1.29 is 9.53 Å². The highest BCUT2D eigenvalue weighted by Gasteiger charge is 2.07. The Balaban J connectivity index is 2.55. The molecule has 0 radical (unpaired) electrons. The Morgan fingerprint density at radius 2 is 2.35 bits per heavy atom. The van der Waals surface area contributed by atoms with Gasteiger partial charge in [-0.3, -0.25) is 4.79 Å². The van der Waals surface area contributed by atoms with E-state index >= 15 is 0 Å². The Kier molecular flexibility index (Phi) is 7.33. The van der Waals surface area contributed by atoms with Crippen molar-refractivity contribution in [1.29, 1.82) is 0 Å². The largest absolute Gasteiger partial charge is 0.483 e. The van der Waals surface area contributed by atoms with Crippen molar-refractivity contribution in [1.82, 2.24) is 5.32 Å². The van der Waals surface area contributed by atoms with Crippen LogP contribution in [0.1, 0.15) is 18.9 Å². The molecular formula is C15H21BrN2O2. The Bertz CT molecular complexity index is 463. The van der Waals surface area contributed by atoms with E-state index in [1.807, 2.05) is 18.2 Å². The molecule has 0 aliphatic heterocycles. The van der Waals surface area contributed by atoms with Gasteiger partial charge in [0.05, 0.1) is 4.47 Å². The minimum Gasteiger partial charge on any atom is -0.483 e. The monoisotopic (exact) mass is 340 g/mol. The zero-order chi connectivity index (χ0) is 15.0. The molecule has 0 saturated heterocycles. The topological polar surface area (TPSA) is 64.3 Å². The van der Waals surface area contributed by atoms with Crippen molar-refractivity contribution in [2.75, 3.05) is 13.2 Å². The second kappa shape index (κ2) is 8.76. The zero-order valence-corrected chi connectivity index (χ0v) is 13.3. The van der Waals surface area contributed by atoms with Gasteiger partial charge in [0.15, 0.2) is 6.61 Å². The lowest BCUT2D eigenvalue weighted by Crippen LogP contribution is -2.28. The number of carbonyl (C=O) groups excluding carboxylic acids is 1. The number of nitrogens with two attached hydrogens (primary N) is 1. The van der Waals surface area contributed by atoms with Crippen LogP contribution in [0.5, 0.6) is 5.75 Å². The number of carbonyl (C=O) groups is 1. The molecule has 1 unspecified atom stereocenters. The predicted molar refractivity (Wildman–Crippen MR) is 84.8 cm³/mol. The van der Waals surface area contributed by atoms with E-state index in [0.29, 0.717) is 12.3 Å². The Morgan fingerprint density at radius 3 is 2.95 bits per heavy atom.